The van der Waals surface area contributed by atoms with Crippen molar-refractivity contribution in [1.29, 1.82) is 5.26 Å². The zero-order valence-corrected chi connectivity index (χ0v) is 10.3. The minimum Gasteiger partial charge on any atom is -0.482 e. The summed E-state index contributed by atoms with van der Waals surface area (Å²) < 4.78 is 23.7. The third-order valence-corrected chi connectivity index (χ3v) is 2.57. The Hall–Kier alpha value is -2.65. The molecular weight excluding hydrogens is 265 g/mol. The summed E-state index contributed by atoms with van der Waals surface area (Å²) in [5.41, 5.74) is -0.0398. The van der Waals surface area contributed by atoms with Crippen molar-refractivity contribution in [2.75, 3.05) is 0 Å². The Labute approximate surface area is 113 Å². The fraction of sp³-hybridized carbons (Fsp3) is 0.143. The normalized spacial score (nSPS) is 10.1. The van der Waals surface area contributed by atoms with E-state index in [0.29, 0.717) is 0 Å². The molecule has 0 aliphatic rings. The summed E-state index contributed by atoms with van der Waals surface area (Å²) in [4.78, 5) is 11.6. The van der Waals surface area contributed by atoms with Gasteiger partial charge < -0.3 is 14.3 Å². The van der Waals surface area contributed by atoms with Crippen molar-refractivity contribution in [3.8, 4) is 11.8 Å². The third-order valence-electron chi connectivity index (χ3n) is 2.57. The molecule has 102 valence electrons. The Bertz CT molecular complexity index is 718. The number of aliphatic hydroxyl groups excluding tert-OH is 1. The van der Waals surface area contributed by atoms with Crippen molar-refractivity contribution in [2.24, 2.45) is 0 Å². The van der Waals surface area contributed by atoms with Gasteiger partial charge in [-0.25, -0.2) is 4.39 Å². The highest BCUT2D eigenvalue weighted by Crippen LogP contribution is 2.13. The average Bonchev–Trinajstić information content (AvgIpc) is 2.46. The Balaban J connectivity index is 2.13. The van der Waals surface area contributed by atoms with Gasteiger partial charge in [-0.1, -0.05) is 6.07 Å². The smallest absolute Gasteiger partial charge is 0.227 e. The summed E-state index contributed by atoms with van der Waals surface area (Å²) in [6, 6.07) is 6.89. The highest BCUT2D eigenvalue weighted by atomic mass is 19.1. The lowest BCUT2D eigenvalue weighted by Gasteiger charge is -2.06. The standard InChI is InChI=1S/C14H10FNO4/c15-12-3-9(5-16)1-2-10(12)7-20-14-8-19-11(6-17)4-13(14)18/h1-4,8,17H,6-7H2. The Morgan fingerprint density at radius 3 is 2.80 bits per heavy atom. The molecule has 1 N–H and O–H groups in total. The maximum Gasteiger partial charge on any atom is 0.227 e. The number of nitrogens with zero attached hydrogens (tertiary/aromatic N) is 1. The van der Waals surface area contributed by atoms with Crippen LogP contribution in [0.3, 0.4) is 0 Å². The molecule has 0 fully saturated rings. The molecule has 0 radical (unpaired) electrons. The molecule has 0 aliphatic heterocycles. The highest BCUT2D eigenvalue weighted by Gasteiger charge is 2.08. The highest BCUT2D eigenvalue weighted by molar-refractivity contribution is 5.32. The summed E-state index contributed by atoms with van der Waals surface area (Å²) in [5.74, 6) is -0.543. The van der Waals surface area contributed by atoms with Crippen LogP contribution < -0.4 is 10.2 Å². The van der Waals surface area contributed by atoms with Crippen molar-refractivity contribution < 1.29 is 18.7 Å². The average molecular weight is 275 g/mol. The van der Waals surface area contributed by atoms with Crippen LogP contribution in [0.25, 0.3) is 0 Å². The summed E-state index contributed by atoms with van der Waals surface area (Å²) in [5, 5.41) is 17.4. The molecule has 5 nitrogen and oxygen atoms in total. The van der Waals surface area contributed by atoms with Crippen LogP contribution in [0.1, 0.15) is 16.9 Å². The van der Waals surface area contributed by atoms with E-state index in [-0.39, 0.29) is 35.9 Å². The van der Waals surface area contributed by atoms with Crippen molar-refractivity contribution in [3.63, 3.8) is 0 Å². The van der Waals surface area contributed by atoms with Crippen LogP contribution >= 0.6 is 0 Å². The van der Waals surface area contributed by atoms with Crippen LogP contribution in [0.2, 0.25) is 0 Å². The van der Waals surface area contributed by atoms with Gasteiger partial charge in [0, 0.05) is 11.6 Å². The molecule has 0 amide bonds. The maximum absolute atomic E-state index is 13.6. The lowest BCUT2D eigenvalue weighted by atomic mass is 10.1. The SMILES string of the molecule is N#Cc1ccc(COc2coc(CO)cc2=O)c(F)c1. The Morgan fingerprint density at radius 2 is 2.20 bits per heavy atom. The number of benzene rings is 1. The first kappa shape index (κ1) is 13.8. The second-order valence-electron chi connectivity index (χ2n) is 3.94. The fourth-order valence-electron chi connectivity index (χ4n) is 1.52. The lowest BCUT2D eigenvalue weighted by Crippen LogP contribution is -2.08. The van der Waals surface area contributed by atoms with Gasteiger partial charge in [0.25, 0.3) is 0 Å². The molecule has 6 heteroatoms. The van der Waals surface area contributed by atoms with Crippen LogP contribution in [-0.2, 0) is 13.2 Å². The molecule has 1 aromatic heterocycles. The van der Waals surface area contributed by atoms with Gasteiger partial charge in [0.15, 0.2) is 0 Å². The molecule has 2 aromatic rings. The molecule has 0 saturated carbocycles. The monoisotopic (exact) mass is 275 g/mol. The molecule has 2 rings (SSSR count). The fourth-order valence-corrected chi connectivity index (χ4v) is 1.52. The first-order valence-electron chi connectivity index (χ1n) is 5.68. The number of nitriles is 1. The second kappa shape index (κ2) is 5.99. The van der Waals surface area contributed by atoms with E-state index in [1.807, 2.05) is 6.07 Å². The van der Waals surface area contributed by atoms with Gasteiger partial charge in [0.05, 0.1) is 11.6 Å². The number of halogens is 1. The number of hydrogen-bond acceptors (Lipinski definition) is 5. The van der Waals surface area contributed by atoms with Gasteiger partial charge in [-0.05, 0) is 12.1 Å². The van der Waals surface area contributed by atoms with Gasteiger partial charge in [0.2, 0.25) is 11.2 Å². The maximum atomic E-state index is 13.6. The number of rotatable bonds is 4. The van der Waals surface area contributed by atoms with Crippen molar-refractivity contribution in [1.82, 2.24) is 0 Å². The van der Waals surface area contributed by atoms with Crippen LogP contribution in [-0.4, -0.2) is 5.11 Å². The summed E-state index contributed by atoms with van der Waals surface area (Å²) in [7, 11) is 0. The van der Waals surface area contributed by atoms with Crippen LogP contribution in [0, 0.1) is 17.1 Å². The van der Waals surface area contributed by atoms with Gasteiger partial charge in [-0.3, -0.25) is 4.79 Å². The van der Waals surface area contributed by atoms with Gasteiger partial charge >= 0.3 is 0 Å². The van der Waals surface area contributed by atoms with Crippen LogP contribution in [0.5, 0.6) is 5.75 Å². The zero-order chi connectivity index (χ0) is 14.5. The number of ether oxygens (including phenoxy) is 1. The summed E-state index contributed by atoms with van der Waals surface area (Å²) in [6.07, 6.45) is 1.06. The van der Waals surface area contributed by atoms with Gasteiger partial charge in [-0.2, -0.15) is 5.26 Å². The molecule has 1 heterocycles. The minimum atomic E-state index is -0.583. The third kappa shape index (κ3) is 3.02. The molecular formula is C14H10FNO4. The van der Waals surface area contributed by atoms with Crippen LogP contribution in [0.4, 0.5) is 4.39 Å². The van der Waals surface area contributed by atoms with E-state index < -0.39 is 11.2 Å². The van der Waals surface area contributed by atoms with E-state index in [4.69, 9.17) is 19.5 Å². The lowest BCUT2D eigenvalue weighted by molar-refractivity contribution is 0.235. The van der Waals surface area contributed by atoms with E-state index in [1.165, 1.54) is 12.1 Å². The summed E-state index contributed by atoms with van der Waals surface area (Å²) >= 11 is 0. The van der Waals surface area contributed by atoms with E-state index in [0.717, 1.165) is 18.4 Å². The summed E-state index contributed by atoms with van der Waals surface area (Å²) in [6.45, 7) is -0.555. The molecule has 0 bridgehead atoms. The quantitative estimate of drug-likeness (QED) is 0.918. The minimum absolute atomic E-state index is 0.0778. The number of aliphatic hydroxyl groups is 1. The van der Waals surface area contributed by atoms with Crippen molar-refractivity contribution in [3.05, 3.63) is 63.5 Å². The number of hydrogen-bond donors (Lipinski definition) is 1. The molecule has 0 unspecified atom stereocenters. The predicted octanol–water partition coefficient (Wildman–Crippen LogP) is 1.72. The Kier molecular flexibility index (Phi) is 4.13. The van der Waals surface area contributed by atoms with Gasteiger partial charge in [0.1, 0.15) is 31.1 Å². The van der Waals surface area contributed by atoms with Crippen molar-refractivity contribution in [2.45, 2.75) is 13.2 Å². The van der Waals surface area contributed by atoms with E-state index >= 15 is 0 Å². The Morgan fingerprint density at radius 1 is 1.40 bits per heavy atom. The predicted molar refractivity (Wildman–Crippen MR) is 66.3 cm³/mol. The van der Waals surface area contributed by atoms with E-state index in [2.05, 4.69) is 0 Å². The molecule has 1 aromatic carbocycles. The zero-order valence-electron chi connectivity index (χ0n) is 10.3. The molecule has 0 spiro atoms. The molecule has 0 aliphatic carbocycles. The van der Waals surface area contributed by atoms with Crippen LogP contribution in [0.15, 0.2) is 39.7 Å². The largest absolute Gasteiger partial charge is 0.482 e. The molecule has 0 atom stereocenters. The first-order valence-corrected chi connectivity index (χ1v) is 5.68. The second-order valence-corrected chi connectivity index (χ2v) is 3.94. The molecule has 20 heavy (non-hydrogen) atoms. The first-order chi connectivity index (χ1) is 9.63. The van der Waals surface area contributed by atoms with E-state index in [1.54, 1.807) is 0 Å². The van der Waals surface area contributed by atoms with Gasteiger partial charge in [-0.15, -0.1) is 0 Å². The van der Waals surface area contributed by atoms with E-state index in [9.17, 15) is 9.18 Å². The van der Waals surface area contributed by atoms with Crippen molar-refractivity contribution >= 4 is 0 Å². The topological polar surface area (TPSA) is 83.5 Å². The molecule has 0 saturated heterocycles.